The molecule has 0 aliphatic carbocycles. The fourth-order valence-electron chi connectivity index (χ4n) is 3.83. The van der Waals surface area contributed by atoms with Crippen LogP contribution in [0.2, 0.25) is 10.0 Å². The first-order valence-electron chi connectivity index (χ1n) is 11.1. The van der Waals surface area contributed by atoms with Crippen LogP contribution in [0.15, 0.2) is 35.1 Å². The molecule has 0 atom stereocenters. The van der Waals surface area contributed by atoms with Crippen LogP contribution < -0.4 is 10.5 Å². The van der Waals surface area contributed by atoms with Gasteiger partial charge >= 0.3 is 6.09 Å². The Morgan fingerprint density at radius 3 is 2.77 bits per heavy atom. The maximum Gasteiger partial charge on any atom is 0.410 e. The largest absolute Gasteiger partial charge is 0.486 e. The zero-order chi connectivity index (χ0) is 25.3. The summed E-state index contributed by atoms with van der Waals surface area (Å²) in [7, 11) is 0. The molecule has 186 valence electrons. The number of benzene rings is 1. The van der Waals surface area contributed by atoms with Crippen molar-refractivity contribution in [1.29, 1.82) is 0 Å². The van der Waals surface area contributed by atoms with E-state index in [4.69, 9.17) is 42.8 Å². The molecule has 35 heavy (non-hydrogen) atoms. The van der Waals surface area contributed by atoms with Crippen LogP contribution in [0.25, 0.3) is 16.5 Å². The molecule has 0 radical (unpaired) electrons. The van der Waals surface area contributed by atoms with Crippen molar-refractivity contribution in [1.82, 2.24) is 9.88 Å². The molecule has 1 aliphatic rings. The third-order valence-electron chi connectivity index (χ3n) is 5.55. The lowest BCUT2D eigenvalue weighted by molar-refractivity contribution is 0.0270. The number of hydrogen-bond acceptors (Lipinski definition) is 6. The first-order valence-corrected chi connectivity index (χ1v) is 11.9. The van der Waals surface area contributed by atoms with E-state index < -0.39 is 11.4 Å². The Morgan fingerprint density at radius 2 is 2.09 bits per heavy atom. The lowest BCUT2D eigenvalue weighted by atomic mass is 9.99. The van der Waals surface area contributed by atoms with Gasteiger partial charge in [-0.3, -0.25) is 0 Å². The highest BCUT2D eigenvalue weighted by Crippen LogP contribution is 2.38. The number of rotatable bonds is 5. The lowest BCUT2D eigenvalue weighted by Crippen LogP contribution is -2.39. The van der Waals surface area contributed by atoms with E-state index in [1.807, 2.05) is 26.8 Å². The molecule has 1 aliphatic heterocycles. The second-order valence-corrected chi connectivity index (χ2v) is 9.98. The number of halogens is 3. The number of hydrogen-bond donors (Lipinski definition) is 1. The molecule has 0 unspecified atom stereocenters. The molecule has 0 spiro atoms. The Hall–Kier alpha value is -2.97. The molecular weight excluding hydrogens is 496 g/mol. The Labute approximate surface area is 212 Å². The molecule has 3 aromatic rings. The molecule has 1 amide bonds. The number of amides is 1. The van der Waals surface area contributed by atoms with Gasteiger partial charge in [0, 0.05) is 36.3 Å². The Bertz CT molecular complexity index is 1300. The van der Waals surface area contributed by atoms with Gasteiger partial charge in [-0.15, -0.1) is 0 Å². The second-order valence-electron chi connectivity index (χ2n) is 9.19. The first-order chi connectivity index (χ1) is 16.5. The summed E-state index contributed by atoms with van der Waals surface area (Å²) in [6.45, 7) is 6.61. The summed E-state index contributed by atoms with van der Waals surface area (Å²) < 4.78 is 31.0. The fourth-order valence-corrected chi connectivity index (χ4v) is 4.39. The molecular formula is C25H26Cl2FN3O4. The van der Waals surface area contributed by atoms with Crippen molar-refractivity contribution >= 4 is 51.7 Å². The number of nitrogens with two attached hydrogens (primary N) is 1. The molecule has 0 bridgehead atoms. The number of carbonyl (C=O) groups is 1. The molecule has 7 nitrogen and oxygen atoms in total. The molecule has 0 fully saturated rings. The topological polar surface area (TPSA) is 90.8 Å². The minimum absolute atomic E-state index is 0.0321. The Morgan fingerprint density at radius 1 is 1.31 bits per heavy atom. The van der Waals surface area contributed by atoms with E-state index in [0.29, 0.717) is 41.4 Å². The monoisotopic (exact) mass is 521 g/mol. The van der Waals surface area contributed by atoms with Crippen molar-refractivity contribution in [2.24, 2.45) is 0 Å². The van der Waals surface area contributed by atoms with Gasteiger partial charge in [-0.1, -0.05) is 29.3 Å². The molecule has 4 rings (SSSR count). The number of anilines is 1. The summed E-state index contributed by atoms with van der Waals surface area (Å²) in [5.41, 5.74) is 8.31. The number of nitrogens with zero attached hydrogens (tertiary/aromatic N) is 2. The molecule has 2 N–H and O–H groups in total. The SMILES string of the molecule is CC(C)(C)OC(=O)N1CC=C(c2coc3c(OCCc4c(Cl)ccc(F)c4Cl)c(N)ncc23)CC1. The van der Waals surface area contributed by atoms with Crippen LogP contribution in [-0.2, 0) is 11.2 Å². The zero-order valence-electron chi connectivity index (χ0n) is 19.7. The summed E-state index contributed by atoms with van der Waals surface area (Å²) in [4.78, 5) is 18.3. The molecule has 2 aromatic heterocycles. The van der Waals surface area contributed by atoms with Crippen LogP contribution in [0.4, 0.5) is 15.0 Å². The summed E-state index contributed by atoms with van der Waals surface area (Å²) >= 11 is 12.2. The van der Waals surface area contributed by atoms with Crippen molar-refractivity contribution in [2.75, 3.05) is 25.4 Å². The maximum atomic E-state index is 13.8. The van der Waals surface area contributed by atoms with E-state index in [2.05, 4.69) is 4.98 Å². The normalized spacial score (nSPS) is 14.2. The summed E-state index contributed by atoms with van der Waals surface area (Å²) in [5.74, 6) is -0.0798. The number of carbonyl (C=O) groups excluding carboxylic acids is 1. The average Bonchev–Trinajstić information content (AvgIpc) is 3.23. The van der Waals surface area contributed by atoms with Crippen LogP contribution in [0.5, 0.6) is 5.75 Å². The minimum atomic E-state index is -0.546. The van der Waals surface area contributed by atoms with Gasteiger partial charge in [0.05, 0.1) is 23.3 Å². The highest BCUT2D eigenvalue weighted by Gasteiger charge is 2.25. The van der Waals surface area contributed by atoms with Crippen molar-refractivity contribution in [3.8, 4) is 5.75 Å². The van der Waals surface area contributed by atoms with E-state index >= 15 is 0 Å². The smallest absolute Gasteiger partial charge is 0.410 e. The third-order valence-corrected chi connectivity index (χ3v) is 6.31. The van der Waals surface area contributed by atoms with E-state index in [-0.39, 0.29) is 30.0 Å². The van der Waals surface area contributed by atoms with E-state index in [9.17, 15) is 9.18 Å². The molecule has 0 saturated heterocycles. The highest BCUT2D eigenvalue weighted by molar-refractivity contribution is 6.36. The Kier molecular flexibility index (Phi) is 7.15. The molecule has 3 heterocycles. The number of pyridine rings is 1. The van der Waals surface area contributed by atoms with Crippen LogP contribution in [0, 0.1) is 5.82 Å². The van der Waals surface area contributed by atoms with Crippen LogP contribution in [-0.4, -0.2) is 41.3 Å². The molecule has 10 heteroatoms. The highest BCUT2D eigenvalue weighted by atomic mass is 35.5. The van der Waals surface area contributed by atoms with Crippen molar-refractivity contribution in [3.63, 3.8) is 0 Å². The van der Waals surface area contributed by atoms with Crippen molar-refractivity contribution in [3.05, 3.63) is 57.7 Å². The lowest BCUT2D eigenvalue weighted by Gasteiger charge is -2.29. The van der Waals surface area contributed by atoms with E-state index in [0.717, 1.165) is 16.5 Å². The first kappa shape index (κ1) is 25.1. The third kappa shape index (κ3) is 5.49. The van der Waals surface area contributed by atoms with E-state index in [1.54, 1.807) is 17.4 Å². The predicted molar refractivity (Wildman–Crippen MR) is 134 cm³/mol. The van der Waals surface area contributed by atoms with Gasteiger partial charge in [0.1, 0.15) is 11.4 Å². The standard InChI is InChI=1S/C25H26Cl2FN3O4/c1-25(2,3)35-24(32)31-9-6-14(7-10-31)17-13-34-21-16(17)12-30-23(29)22(21)33-11-8-15-18(26)4-5-19(28)20(15)27/h4-6,12-13H,7-11H2,1-3H3,(H2,29,30). The number of furan rings is 1. The summed E-state index contributed by atoms with van der Waals surface area (Å²) in [5, 5.41) is 1.07. The van der Waals surface area contributed by atoms with Crippen LogP contribution in [0.1, 0.15) is 38.3 Å². The maximum absolute atomic E-state index is 13.8. The van der Waals surface area contributed by atoms with Gasteiger partial charge in [0.25, 0.3) is 0 Å². The van der Waals surface area contributed by atoms with Gasteiger partial charge in [-0.25, -0.2) is 14.2 Å². The molecule has 1 aromatic carbocycles. The number of fused-ring (bicyclic) bond motifs is 1. The van der Waals surface area contributed by atoms with Crippen LogP contribution >= 0.6 is 23.2 Å². The van der Waals surface area contributed by atoms with Gasteiger partial charge in [0.15, 0.2) is 11.4 Å². The number of nitrogen functional groups attached to an aromatic ring is 1. The van der Waals surface area contributed by atoms with Gasteiger partial charge < -0.3 is 24.5 Å². The van der Waals surface area contributed by atoms with Gasteiger partial charge in [-0.05, 0) is 50.5 Å². The quantitative estimate of drug-likeness (QED) is 0.385. The van der Waals surface area contributed by atoms with Gasteiger partial charge in [-0.2, -0.15) is 0 Å². The van der Waals surface area contributed by atoms with Gasteiger partial charge in [0.2, 0.25) is 5.75 Å². The van der Waals surface area contributed by atoms with Crippen LogP contribution in [0.3, 0.4) is 0 Å². The second kappa shape index (κ2) is 9.95. The van der Waals surface area contributed by atoms with E-state index in [1.165, 1.54) is 12.1 Å². The summed E-state index contributed by atoms with van der Waals surface area (Å²) in [6, 6.07) is 2.67. The number of ether oxygens (including phenoxy) is 2. The summed E-state index contributed by atoms with van der Waals surface area (Å²) in [6.07, 6.45) is 5.80. The number of aromatic nitrogens is 1. The predicted octanol–water partition coefficient (Wildman–Crippen LogP) is 6.50. The minimum Gasteiger partial charge on any atom is -0.486 e. The molecule has 0 saturated carbocycles. The average molecular weight is 522 g/mol. The Balaban J connectivity index is 1.51. The fraction of sp³-hybridized carbons (Fsp3) is 0.360. The zero-order valence-corrected chi connectivity index (χ0v) is 21.2. The van der Waals surface area contributed by atoms with Crippen molar-refractivity contribution < 1.29 is 23.1 Å². The van der Waals surface area contributed by atoms with Crippen molar-refractivity contribution in [2.45, 2.75) is 39.2 Å².